The van der Waals surface area contributed by atoms with Gasteiger partial charge in [-0.2, -0.15) is 10.2 Å². The molecule has 0 N–H and O–H groups in total. The van der Waals surface area contributed by atoms with Crippen LogP contribution in [-0.4, -0.2) is 32.1 Å². The van der Waals surface area contributed by atoms with Gasteiger partial charge in [-0.25, -0.2) is 0 Å². The summed E-state index contributed by atoms with van der Waals surface area (Å²) in [6.07, 6.45) is 7.59. The van der Waals surface area contributed by atoms with Gasteiger partial charge in [-0.1, -0.05) is 0 Å². The average molecular weight is 323 g/mol. The molecule has 0 aromatic carbocycles. The standard InChI is InChI=1S/C19H25N5/c1-18(2)16-17(19(3,4)24(18)5)23-15-9-7-13-11-21-20-10-12(13)6-8-14(15)22-16/h10-11H,6-9H2,1-5H3. The Labute approximate surface area is 143 Å². The van der Waals surface area contributed by atoms with Gasteiger partial charge in [0, 0.05) is 0 Å². The summed E-state index contributed by atoms with van der Waals surface area (Å²) in [6, 6.07) is 0. The van der Waals surface area contributed by atoms with Gasteiger partial charge in [-0.3, -0.25) is 14.9 Å². The second-order valence-corrected chi connectivity index (χ2v) is 8.03. The minimum atomic E-state index is -0.0907. The fourth-order valence-corrected chi connectivity index (χ4v) is 4.10. The van der Waals surface area contributed by atoms with Crippen molar-refractivity contribution in [3.63, 3.8) is 0 Å². The Kier molecular flexibility index (Phi) is 3.29. The molecule has 0 spiro atoms. The molecule has 0 fully saturated rings. The molecule has 0 amide bonds. The van der Waals surface area contributed by atoms with Crippen molar-refractivity contribution in [2.45, 2.75) is 64.5 Å². The molecule has 2 aromatic heterocycles. The summed E-state index contributed by atoms with van der Waals surface area (Å²) in [6.45, 7) is 8.98. The van der Waals surface area contributed by atoms with Crippen molar-refractivity contribution in [2.24, 2.45) is 0 Å². The van der Waals surface area contributed by atoms with E-state index in [1.165, 1.54) is 11.1 Å². The molecule has 3 heterocycles. The predicted molar refractivity (Wildman–Crippen MR) is 92.7 cm³/mol. The summed E-state index contributed by atoms with van der Waals surface area (Å²) in [5.74, 6) is 0. The number of hydrogen-bond donors (Lipinski definition) is 0. The van der Waals surface area contributed by atoms with Crippen molar-refractivity contribution in [1.29, 1.82) is 0 Å². The van der Waals surface area contributed by atoms with Crippen LogP contribution in [0.25, 0.3) is 0 Å². The summed E-state index contributed by atoms with van der Waals surface area (Å²) in [7, 11) is 2.17. The first-order chi connectivity index (χ1) is 11.3. The Morgan fingerprint density at radius 1 is 0.750 bits per heavy atom. The van der Waals surface area contributed by atoms with Crippen LogP contribution in [0, 0.1) is 0 Å². The van der Waals surface area contributed by atoms with Crippen LogP contribution in [0.2, 0.25) is 0 Å². The van der Waals surface area contributed by atoms with Gasteiger partial charge in [0.05, 0.1) is 46.2 Å². The molecule has 5 heteroatoms. The van der Waals surface area contributed by atoms with Crippen molar-refractivity contribution >= 4 is 0 Å². The van der Waals surface area contributed by atoms with Crippen molar-refractivity contribution < 1.29 is 0 Å². The smallest absolute Gasteiger partial charge is 0.0838 e. The third-order valence-corrected chi connectivity index (χ3v) is 6.06. The Hall–Kier alpha value is -1.88. The molecule has 0 unspecified atom stereocenters. The molecule has 4 rings (SSSR count). The maximum atomic E-state index is 5.13. The molecule has 126 valence electrons. The van der Waals surface area contributed by atoms with E-state index in [9.17, 15) is 0 Å². The maximum absolute atomic E-state index is 5.13. The topological polar surface area (TPSA) is 54.8 Å². The second-order valence-electron chi connectivity index (χ2n) is 8.03. The number of hydrogen-bond acceptors (Lipinski definition) is 5. The molecule has 24 heavy (non-hydrogen) atoms. The van der Waals surface area contributed by atoms with E-state index in [2.05, 4.69) is 49.8 Å². The zero-order valence-electron chi connectivity index (χ0n) is 15.2. The third-order valence-electron chi connectivity index (χ3n) is 6.06. The average Bonchev–Trinajstić information content (AvgIpc) is 2.67. The molecule has 0 bridgehead atoms. The van der Waals surface area contributed by atoms with Gasteiger partial charge in [0.15, 0.2) is 0 Å². The van der Waals surface area contributed by atoms with E-state index in [1.54, 1.807) is 0 Å². The highest BCUT2D eigenvalue weighted by atomic mass is 15.3. The number of fused-ring (bicyclic) bond motifs is 3. The Bertz CT molecular complexity index is 743. The molecule has 0 radical (unpaired) electrons. The predicted octanol–water partition coefficient (Wildman–Crippen LogP) is 2.57. The highest BCUT2D eigenvalue weighted by Gasteiger charge is 2.49. The van der Waals surface area contributed by atoms with Gasteiger partial charge in [0.25, 0.3) is 0 Å². The first kappa shape index (κ1) is 15.6. The van der Waals surface area contributed by atoms with Crippen molar-refractivity contribution in [2.75, 3.05) is 7.05 Å². The van der Waals surface area contributed by atoms with Crippen molar-refractivity contribution in [1.82, 2.24) is 25.1 Å². The van der Waals surface area contributed by atoms with Crippen LogP contribution >= 0.6 is 0 Å². The molecule has 0 atom stereocenters. The van der Waals surface area contributed by atoms with E-state index >= 15 is 0 Å². The molecule has 1 aliphatic heterocycles. The Balaban J connectivity index is 1.81. The normalized spacial score (nSPS) is 21.4. The van der Waals surface area contributed by atoms with Crippen LogP contribution in [0.4, 0.5) is 0 Å². The quantitative estimate of drug-likeness (QED) is 0.746. The van der Waals surface area contributed by atoms with E-state index in [-0.39, 0.29) is 11.1 Å². The lowest BCUT2D eigenvalue weighted by Gasteiger charge is -2.36. The fraction of sp³-hybridized carbons (Fsp3) is 0.579. The van der Waals surface area contributed by atoms with Crippen LogP contribution in [0.15, 0.2) is 12.4 Å². The molecule has 2 aliphatic rings. The molecule has 2 aromatic rings. The number of aromatic nitrogens is 4. The summed E-state index contributed by atoms with van der Waals surface area (Å²) in [5.41, 5.74) is 7.03. The summed E-state index contributed by atoms with van der Waals surface area (Å²) in [4.78, 5) is 12.6. The number of aryl methyl sites for hydroxylation is 4. The van der Waals surface area contributed by atoms with Crippen LogP contribution in [0.1, 0.15) is 61.6 Å². The van der Waals surface area contributed by atoms with Gasteiger partial charge < -0.3 is 0 Å². The zero-order valence-corrected chi connectivity index (χ0v) is 15.2. The molecular formula is C19H25N5. The fourth-order valence-electron chi connectivity index (χ4n) is 4.10. The lowest BCUT2D eigenvalue weighted by atomic mass is 9.94. The highest BCUT2D eigenvalue weighted by Crippen LogP contribution is 2.46. The summed E-state index contributed by atoms with van der Waals surface area (Å²) in [5, 5.41) is 8.09. The zero-order chi connectivity index (χ0) is 17.1. The van der Waals surface area contributed by atoms with Gasteiger partial charge in [0.2, 0.25) is 0 Å². The van der Waals surface area contributed by atoms with Crippen molar-refractivity contribution in [3.05, 3.63) is 46.3 Å². The maximum Gasteiger partial charge on any atom is 0.0838 e. The molecule has 0 saturated heterocycles. The van der Waals surface area contributed by atoms with Crippen molar-refractivity contribution in [3.8, 4) is 0 Å². The monoisotopic (exact) mass is 323 g/mol. The van der Waals surface area contributed by atoms with Gasteiger partial charge in [-0.05, 0) is 71.6 Å². The minimum absolute atomic E-state index is 0.0907. The molecule has 1 aliphatic carbocycles. The van der Waals surface area contributed by atoms with Crippen LogP contribution < -0.4 is 0 Å². The van der Waals surface area contributed by atoms with E-state index in [1.807, 2.05) is 12.4 Å². The first-order valence-corrected chi connectivity index (χ1v) is 8.75. The Morgan fingerprint density at radius 3 is 1.58 bits per heavy atom. The summed E-state index contributed by atoms with van der Waals surface area (Å²) < 4.78 is 0. The van der Waals surface area contributed by atoms with Gasteiger partial charge >= 0.3 is 0 Å². The van der Waals surface area contributed by atoms with E-state index < -0.39 is 0 Å². The van der Waals surface area contributed by atoms with E-state index in [0.717, 1.165) is 48.5 Å². The largest absolute Gasteiger partial charge is 0.285 e. The third kappa shape index (κ3) is 2.10. The second kappa shape index (κ2) is 5.06. The van der Waals surface area contributed by atoms with E-state index in [0.29, 0.717) is 0 Å². The van der Waals surface area contributed by atoms with Gasteiger partial charge in [0.1, 0.15) is 0 Å². The first-order valence-electron chi connectivity index (χ1n) is 8.75. The van der Waals surface area contributed by atoms with Crippen LogP contribution in [-0.2, 0) is 36.8 Å². The highest BCUT2D eigenvalue weighted by molar-refractivity contribution is 5.37. The van der Waals surface area contributed by atoms with Crippen LogP contribution in [0.3, 0.4) is 0 Å². The lowest BCUT2D eigenvalue weighted by molar-refractivity contribution is 0.0699. The molecule has 0 saturated carbocycles. The van der Waals surface area contributed by atoms with Gasteiger partial charge in [-0.15, -0.1) is 0 Å². The SMILES string of the molecule is CN1C(C)(C)c2nc3c(nc2C1(C)C)CCc1cnncc1CC3. The molecule has 5 nitrogen and oxygen atoms in total. The summed E-state index contributed by atoms with van der Waals surface area (Å²) >= 11 is 0. The minimum Gasteiger partial charge on any atom is -0.285 e. The van der Waals surface area contributed by atoms with Crippen LogP contribution in [0.5, 0.6) is 0 Å². The number of rotatable bonds is 0. The Morgan fingerprint density at radius 2 is 1.17 bits per heavy atom. The van der Waals surface area contributed by atoms with E-state index in [4.69, 9.17) is 9.97 Å². The number of nitrogens with zero attached hydrogens (tertiary/aromatic N) is 5. The molecular weight excluding hydrogens is 298 g/mol. The lowest BCUT2D eigenvalue weighted by Crippen LogP contribution is -2.42.